The van der Waals surface area contributed by atoms with Crippen LogP contribution in [0.3, 0.4) is 0 Å². The Morgan fingerprint density at radius 2 is 1.76 bits per heavy atom. The third kappa shape index (κ3) is 2.20. The maximum atomic E-state index is 10.3. The predicted molar refractivity (Wildman–Crippen MR) is 119 cm³/mol. The summed E-state index contributed by atoms with van der Waals surface area (Å²) in [5.41, 5.74) is 2.73. The van der Waals surface area contributed by atoms with Crippen LogP contribution in [0.4, 0.5) is 0 Å². The van der Waals surface area contributed by atoms with Crippen LogP contribution < -0.4 is 0 Å². The smallest absolute Gasteiger partial charge is 0.0877 e. The second-order valence-electron chi connectivity index (χ2n) is 12.2. The zero-order valence-electron chi connectivity index (χ0n) is 18.7. The van der Waals surface area contributed by atoms with E-state index in [1.807, 2.05) is 0 Å². The molecule has 0 bridgehead atoms. The first kappa shape index (κ1) is 18.8. The summed E-state index contributed by atoms with van der Waals surface area (Å²) in [4.78, 5) is 5.23. The number of fused-ring (bicyclic) bond motifs is 5. The van der Waals surface area contributed by atoms with E-state index in [4.69, 9.17) is 4.99 Å². The summed E-state index contributed by atoms with van der Waals surface area (Å²) >= 11 is 0. The van der Waals surface area contributed by atoms with Gasteiger partial charge in [0.2, 0.25) is 0 Å². The van der Waals surface area contributed by atoms with E-state index in [0.29, 0.717) is 16.2 Å². The van der Waals surface area contributed by atoms with Crippen molar-refractivity contribution in [3.05, 3.63) is 23.8 Å². The molecule has 6 rings (SSSR count). The molecule has 2 nitrogen and oxygen atoms in total. The first-order chi connectivity index (χ1) is 13.8. The molecule has 1 N–H and O–H groups in total. The topological polar surface area (TPSA) is 32.6 Å². The lowest BCUT2D eigenvalue weighted by atomic mass is 9.43. The number of hydrogen-bond acceptors (Lipinski definition) is 2. The maximum absolute atomic E-state index is 10.3. The minimum atomic E-state index is -0.0973. The molecule has 1 aliphatic heterocycles. The van der Waals surface area contributed by atoms with E-state index in [1.54, 1.807) is 5.57 Å². The average Bonchev–Trinajstić information content (AvgIpc) is 3.36. The number of nitrogens with zero attached hydrogens (tertiary/aromatic N) is 1. The summed E-state index contributed by atoms with van der Waals surface area (Å²) in [5.74, 6) is 3.29. The second kappa shape index (κ2) is 5.87. The first-order valence-electron chi connectivity index (χ1n) is 12.4. The molecule has 2 heteroatoms. The molecule has 3 unspecified atom stereocenters. The normalized spacial score (nSPS) is 55.9. The summed E-state index contributed by atoms with van der Waals surface area (Å²) in [6.07, 6.45) is 22.0. The van der Waals surface area contributed by atoms with Crippen LogP contribution in [0, 0.1) is 39.9 Å². The molecule has 0 spiro atoms. The van der Waals surface area contributed by atoms with Crippen LogP contribution in [0.5, 0.6) is 0 Å². The molecule has 0 radical (unpaired) electrons. The third-order valence-electron chi connectivity index (χ3n) is 11.5. The molecule has 4 fully saturated rings. The fraction of sp³-hybridized carbons (Fsp3) is 0.815. The van der Waals surface area contributed by atoms with Crippen molar-refractivity contribution < 1.29 is 5.11 Å². The molecule has 1 heterocycles. The van der Waals surface area contributed by atoms with Gasteiger partial charge in [-0.3, -0.25) is 4.99 Å². The Kier molecular flexibility index (Phi) is 3.81. The number of aliphatic hydroxyl groups excluding tert-OH is 1. The molecule has 29 heavy (non-hydrogen) atoms. The number of rotatable bonds is 2. The van der Waals surface area contributed by atoms with Gasteiger partial charge in [0.05, 0.1) is 11.6 Å². The standard InChI is InChI=1S/C27H39NO/c1-24-13-9-20(29)17-19(24)7-8-21-22(24)10-14-25(2)23(21)11-15-26(25,3)27(18-5-6-18)12-4-16-28-27/h4,7,12,16,18,20-23,29H,5-6,8-11,13-15,17H2,1-3H3/t20?,21-,22-,23+,24+,25+,26?,27?/m1/s1. The summed E-state index contributed by atoms with van der Waals surface area (Å²) in [6.45, 7) is 7.84. The second-order valence-corrected chi connectivity index (χ2v) is 12.2. The summed E-state index contributed by atoms with van der Waals surface area (Å²) in [7, 11) is 0. The highest BCUT2D eigenvalue weighted by Crippen LogP contribution is 2.74. The van der Waals surface area contributed by atoms with Gasteiger partial charge in [-0.25, -0.2) is 0 Å². The lowest BCUT2D eigenvalue weighted by molar-refractivity contribution is -0.0911. The van der Waals surface area contributed by atoms with Gasteiger partial charge in [-0.05, 0) is 105 Å². The Morgan fingerprint density at radius 1 is 0.966 bits per heavy atom. The first-order valence-corrected chi connectivity index (χ1v) is 12.4. The maximum Gasteiger partial charge on any atom is 0.0877 e. The average molecular weight is 394 g/mol. The van der Waals surface area contributed by atoms with Gasteiger partial charge in [-0.2, -0.15) is 0 Å². The van der Waals surface area contributed by atoms with Crippen LogP contribution in [0.15, 0.2) is 28.8 Å². The van der Waals surface area contributed by atoms with Crippen molar-refractivity contribution in [2.45, 2.75) is 96.6 Å². The van der Waals surface area contributed by atoms with Crippen molar-refractivity contribution in [3.63, 3.8) is 0 Å². The highest BCUT2D eigenvalue weighted by molar-refractivity contribution is 5.76. The molecule has 6 aliphatic rings. The lowest BCUT2D eigenvalue weighted by Crippen LogP contribution is -2.57. The van der Waals surface area contributed by atoms with Gasteiger partial charge >= 0.3 is 0 Å². The van der Waals surface area contributed by atoms with Crippen LogP contribution in [0.25, 0.3) is 0 Å². The lowest BCUT2D eigenvalue weighted by Gasteiger charge is -2.61. The monoisotopic (exact) mass is 393 g/mol. The van der Waals surface area contributed by atoms with E-state index in [2.05, 4.69) is 45.2 Å². The predicted octanol–water partition coefficient (Wildman–Crippen LogP) is 6.11. The molecule has 5 aliphatic carbocycles. The fourth-order valence-electron chi connectivity index (χ4n) is 9.51. The number of aliphatic hydroxyl groups is 1. The Hall–Kier alpha value is -0.890. The molecule has 0 aromatic heterocycles. The fourth-order valence-corrected chi connectivity index (χ4v) is 9.51. The van der Waals surface area contributed by atoms with Crippen LogP contribution in [-0.2, 0) is 0 Å². The zero-order valence-corrected chi connectivity index (χ0v) is 18.7. The highest BCUT2D eigenvalue weighted by atomic mass is 16.3. The Bertz CT molecular complexity index is 793. The molecular weight excluding hydrogens is 354 g/mol. The number of aliphatic imine (C=N–C) groups is 1. The van der Waals surface area contributed by atoms with Crippen molar-refractivity contribution in [2.75, 3.05) is 0 Å². The van der Waals surface area contributed by atoms with Gasteiger partial charge in [0, 0.05) is 11.6 Å². The van der Waals surface area contributed by atoms with E-state index in [-0.39, 0.29) is 11.6 Å². The molecule has 158 valence electrons. The van der Waals surface area contributed by atoms with Gasteiger partial charge in [0.25, 0.3) is 0 Å². The minimum absolute atomic E-state index is 0.0812. The molecule has 0 saturated heterocycles. The van der Waals surface area contributed by atoms with Gasteiger partial charge in [0.15, 0.2) is 0 Å². The summed E-state index contributed by atoms with van der Waals surface area (Å²) in [5, 5.41) is 10.3. The van der Waals surface area contributed by atoms with Crippen LogP contribution >= 0.6 is 0 Å². The molecule has 0 amide bonds. The van der Waals surface area contributed by atoms with Crippen molar-refractivity contribution >= 4 is 6.21 Å². The van der Waals surface area contributed by atoms with E-state index in [1.165, 1.54) is 51.4 Å². The van der Waals surface area contributed by atoms with Gasteiger partial charge in [-0.15, -0.1) is 0 Å². The molecule has 0 aromatic carbocycles. The van der Waals surface area contributed by atoms with Gasteiger partial charge in [0.1, 0.15) is 0 Å². The largest absolute Gasteiger partial charge is 0.393 e. The van der Waals surface area contributed by atoms with E-state index in [0.717, 1.165) is 36.5 Å². The SMILES string of the molecule is CC1(C2(C3CC3)C=CC=N2)CC[C@H]2[C@@H]3CC=C4CC(O)CC[C@]4(C)[C@@H]3CC[C@@]21C. The van der Waals surface area contributed by atoms with Gasteiger partial charge < -0.3 is 5.11 Å². The Morgan fingerprint density at radius 3 is 2.48 bits per heavy atom. The van der Waals surface area contributed by atoms with E-state index in [9.17, 15) is 5.11 Å². The molecule has 8 atom stereocenters. The summed E-state index contributed by atoms with van der Waals surface area (Å²) < 4.78 is 0. The number of allylic oxidation sites excluding steroid dienone is 2. The minimum Gasteiger partial charge on any atom is -0.393 e. The Labute approximate surface area is 177 Å². The molecular formula is C27H39NO. The van der Waals surface area contributed by atoms with Crippen molar-refractivity contribution in [1.82, 2.24) is 0 Å². The van der Waals surface area contributed by atoms with Gasteiger partial charge in [-0.1, -0.05) is 38.5 Å². The third-order valence-corrected chi connectivity index (χ3v) is 11.5. The van der Waals surface area contributed by atoms with Crippen molar-refractivity contribution in [2.24, 2.45) is 44.9 Å². The van der Waals surface area contributed by atoms with Crippen molar-refractivity contribution in [1.29, 1.82) is 0 Å². The molecule has 4 saturated carbocycles. The zero-order chi connectivity index (χ0) is 20.1. The van der Waals surface area contributed by atoms with Crippen LogP contribution in [0.2, 0.25) is 0 Å². The van der Waals surface area contributed by atoms with Crippen molar-refractivity contribution in [3.8, 4) is 0 Å². The van der Waals surface area contributed by atoms with E-state index < -0.39 is 0 Å². The Balaban J connectivity index is 1.37. The highest BCUT2D eigenvalue weighted by Gasteiger charge is 2.70. The number of hydrogen-bond donors (Lipinski definition) is 1. The van der Waals surface area contributed by atoms with E-state index >= 15 is 0 Å². The van der Waals surface area contributed by atoms with Crippen LogP contribution in [-0.4, -0.2) is 23.0 Å². The van der Waals surface area contributed by atoms with Crippen LogP contribution in [0.1, 0.15) is 85.0 Å². The molecule has 0 aromatic rings. The quantitative estimate of drug-likeness (QED) is 0.564. The summed E-state index contributed by atoms with van der Waals surface area (Å²) in [6, 6.07) is 0.